The third-order valence-corrected chi connectivity index (χ3v) is 3.46. The highest BCUT2D eigenvalue weighted by Gasteiger charge is 2.09. The SMILES string of the molecule is O=C(Cc1c[nH]c2cc(F)ccc12)Nc1ccc(Cl)cc1. The number of aromatic amines is 1. The van der Waals surface area contributed by atoms with Crippen molar-refractivity contribution in [2.24, 2.45) is 0 Å². The molecule has 0 bridgehead atoms. The molecule has 3 rings (SSSR count). The van der Waals surface area contributed by atoms with Crippen LogP contribution in [0.3, 0.4) is 0 Å². The molecule has 1 aromatic heterocycles. The maximum atomic E-state index is 13.1. The minimum absolute atomic E-state index is 0.137. The Bertz CT molecular complexity index is 796. The molecular weight excluding hydrogens is 291 g/mol. The summed E-state index contributed by atoms with van der Waals surface area (Å²) in [7, 11) is 0. The highest BCUT2D eigenvalue weighted by Crippen LogP contribution is 2.20. The lowest BCUT2D eigenvalue weighted by atomic mass is 10.1. The Kier molecular flexibility index (Phi) is 3.62. The van der Waals surface area contributed by atoms with E-state index in [1.54, 1.807) is 36.5 Å². The van der Waals surface area contributed by atoms with Crippen LogP contribution in [-0.2, 0) is 11.2 Å². The van der Waals surface area contributed by atoms with Crippen LogP contribution in [0.2, 0.25) is 5.02 Å². The fourth-order valence-corrected chi connectivity index (χ4v) is 2.34. The molecule has 0 spiro atoms. The zero-order chi connectivity index (χ0) is 14.8. The molecule has 21 heavy (non-hydrogen) atoms. The van der Waals surface area contributed by atoms with E-state index in [1.165, 1.54) is 12.1 Å². The number of H-pyrrole nitrogens is 1. The average Bonchev–Trinajstić information content (AvgIpc) is 2.83. The van der Waals surface area contributed by atoms with Crippen LogP contribution < -0.4 is 5.32 Å². The molecule has 0 atom stereocenters. The van der Waals surface area contributed by atoms with Gasteiger partial charge in [0.2, 0.25) is 5.91 Å². The van der Waals surface area contributed by atoms with Gasteiger partial charge in [0.25, 0.3) is 0 Å². The van der Waals surface area contributed by atoms with E-state index in [1.807, 2.05) is 0 Å². The second kappa shape index (κ2) is 5.58. The highest BCUT2D eigenvalue weighted by atomic mass is 35.5. The zero-order valence-corrected chi connectivity index (χ0v) is 11.7. The van der Waals surface area contributed by atoms with Gasteiger partial charge in [0.15, 0.2) is 0 Å². The quantitative estimate of drug-likeness (QED) is 0.750. The number of hydrogen-bond acceptors (Lipinski definition) is 1. The van der Waals surface area contributed by atoms with E-state index in [-0.39, 0.29) is 18.1 Å². The largest absolute Gasteiger partial charge is 0.361 e. The Hall–Kier alpha value is -2.33. The predicted molar refractivity (Wildman–Crippen MR) is 82.0 cm³/mol. The van der Waals surface area contributed by atoms with Crippen LogP contribution >= 0.6 is 11.6 Å². The fourth-order valence-electron chi connectivity index (χ4n) is 2.22. The summed E-state index contributed by atoms with van der Waals surface area (Å²) in [5.41, 5.74) is 2.20. The van der Waals surface area contributed by atoms with Gasteiger partial charge in [0.1, 0.15) is 5.82 Å². The van der Waals surface area contributed by atoms with Gasteiger partial charge in [-0.1, -0.05) is 11.6 Å². The summed E-state index contributed by atoms with van der Waals surface area (Å²) in [4.78, 5) is 15.0. The summed E-state index contributed by atoms with van der Waals surface area (Å²) in [6.07, 6.45) is 1.94. The second-order valence-corrected chi connectivity index (χ2v) is 5.17. The van der Waals surface area contributed by atoms with Crippen molar-refractivity contribution in [3.05, 3.63) is 65.1 Å². The maximum absolute atomic E-state index is 13.1. The molecule has 0 fully saturated rings. The molecule has 0 aliphatic carbocycles. The maximum Gasteiger partial charge on any atom is 0.228 e. The van der Waals surface area contributed by atoms with Gasteiger partial charge in [-0.25, -0.2) is 4.39 Å². The Morgan fingerprint density at radius 2 is 1.95 bits per heavy atom. The first-order valence-electron chi connectivity index (χ1n) is 6.43. The van der Waals surface area contributed by atoms with E-state index < -0.39 is 0 Å². The first kappa shape index (κ1) is 13.6. The smallest absolute Gasteiger partial charge is 0.228 e. The number of fused-ring (bicyclic) bond motifs is 1. The number of anilines is 1. The van der Waals surface area contributed by atoms with Gasteiger partial charge < -0.3 is 10.3 Å². The summed E-state index contributed by atoms with van der Waals surface area (Å²) in [5.74, 6) is -0.441. The van der Waals surface area contributed by atoms with Crippen LogP contribution in [-0.4, -0.2) is 10.9 Å². The minimum atomic E-state index is -0.304. The van der Waals surface area contributed by atoms with Crippen LogP contribution in [0.25, 0.3) is 10.9 Å². The summed E-state index contributed by atoms with van der Waals surface area (Å²) in [6.45, 7) is 0. The van der Waals surface area contributed by atoms with E-state index in [0.29, 0.717) is 16.2 Å². The molecule has 0 unspecified atom stereocenters. The van der Waals surface area contributed by atoms with Crippen molar-refractivity contribution in [1.82, 2.24) is 4.98 Å². The summed E-state index contributed by atoms with van der Waals surface area (Å²) in [6, 6.07) is 11.4. The third kappa shape index (κ3) is 3.06. The first-order chi connectivity index (χ1) is 10.1. The number of hydrogen-bond donors (Lipinski definition) is 2. The Morgan fingerprint density at radius 3 is 2.71 bits per heavy atom. The molecule has 0 aliphatic heterocycles. The first-order valence-corrected chi connectivity index (χ1v) is 6.80. The van der Waals surface area contributed by atoms with Gasteiger partial charge in [0.05, 0.1) is 6.42 Å². The van der Waals surface area contributed by atoms with Gasteiger partial charge in [-0.05, 0) is 48.0 Å². The number of carbonyl (C=O) groups is 1. The van der Waals surface area contributed by atoms with E-state index in [9.17, 15) is 9.18 Å². The number of rotatable bonds is 3. The molecule has 0 saturated carbocycles. The molecule has 0 aliphatic rings. The van der Waals surface area contributed by atoms with Gasteiger partial charge >= 0.3 is 0 Å². The summed E-state index contributed by atoms with van der Waals surface area (Å²) in [5, 5.41) is 4.26. The molecule has 1 heterocycles. The van der Waals surface area contributed by atoms with Crippen LogP contribution in [0.4, 0.5) is 10.1 Å². The topological polar surface area (TPSA) is 44.9 Å². The van der Waals surface area contributed by atoms with Gasteiger partial charge in [-0.2, -0.15) is 0 Å². The van der Waals surface area contributed by atoms with Crippen molar-refractivity contribution in [3.8, 4) is 0 Å². The molecule has 2 aromatic carbocycles. The van der Waals surface area contributed by atoms with Crippen LogP contribution in [0, 0.1) is 5.82 Å². The molecule has 0 radical (unpaired) electrons. The standard InChI is InChI=1S/C16H12ClFN2O/c17-11-1-4-13(5-2-11)20-16(21)7-10-9-19-15-8-12(18)3-6-14(10)15/h1-6,8-9,19H,7H2,(H,20,21). The second-order valence-electron chi connectivity index (χ2n) is 4.74. The zero-order valence-electron chi connectivity index (χ0n) is 11.0. The van der Waals surface area contributed by atoms with E-state index in [0.717, 1.165) is 10.9 Å². The number of amides is 1. The Balaban J connectivity index is 1.75. The minimum Gasteiger partial charge on any atom is -0.361 e. The average molecular weight is 303 g/mol. The molecule has 5 heteroatoms. The van der Waals surface area contributed by atoms with Crippen molar-refractivity contribution in [1.29, 1.82) is 0 Å². The predicted octanol–water partition coefficient (Wildman–Crippen LogP) is 4.14. The van der Waals surface area contributed by atoms with Crippen molar-refractivity contribution in [2.45, 2.75) is 6.42 Å². The van der Waals surface area contributed by atoms with Gasteiger partial charge in [0, 0.05) is 27.8 Å². The molecule has 2 N–H and O–H groups in total. The monoisotopic (exact) mass is 302 g/mol. The van der Waals surface area contributed by atoms with Gasteiger partial charge in [-0.15, -0.1) is 0 Å². The molecule has 3 aromatic rings. The van der Waals surface area contributed by atoms with Crippen LogP contribution in [0.15, 0.2) is 48.7 Å². The van der Waals surface area contributed by atoms with E-state index >= 15 is 0 Å². The number of nitrogens with one attached hydrogen (secondary N) is 2. The fraction of sp³-hybridized carbons (Fsp3) is 0.0625. The molecule has 106 valence electrons. The van der Waals surface area contributed by atoms with Crippen LogP contribution in [0.1, 0.15) is 5.56 Å². The lowest BCUT2D eigenvalue weighted by Gasteiger charge is -2.04. The Morgan fingerprint density at radius 1 is 1.19 bits per heavy atom. The van der Waals surface area contributed by atoms with E-state index in [4.69, 9.17) is 11.6 Å². The number of halogens is 2. The summed E-state index contributed by atoms with van der Waals surface area (Å²) < 4.78 is 13.1. The lowest BCUT2D eigenvalue weighted by Crippen LogP contribution is -2.14. The van der Waals surface area contributed by atoms with Crippen molar-refractivity contribution < 1.29 is 9.18 Å². The number of benzene rings is 2. The van der Waals surface area contributed by atoms with Crippen molar-refractivity contribution >= 4 is 34.1 Å². The molecule has 3 nitrogen and oxygen atoms in total. The molecule has 0 saturated heterocycles. The number of carbonyl (C=O) groups excluding carboxylic acids is 1. The van der Waals surface area contributed by atoms with Gasteiger partial charge in [-0.3, -0.25) is 4.79 Å². The Labute approximate surface area is 125 Å². The lowest BCUT2D eigenvalue weighted by molar-refractivity contribution is -0.115. The highest BCUT2D eigenvalue weighted by molar-refractivity contribution is 6.30. The summed E-state index contributed by atoms with van der Waals surface area (Å²) >= 11 is 5.79. The third-order valence-electron chi connectivity index (χ3n) is 3.21. The normalized spacial score (nSPS) is 10.8. The van der Waals surface area contributed by atoms with Crippen molar-refractivity contribution in [3.63, 3.8) is 0 Å². The molecule has 1 amide bonds. The molecular formula is C16H12ClFN2O. The van der Waals surface area contributed by atoms with Crippen LogP contribution in [0.5, 0.6) is 0 Å². The van der Waals surface area contributed by atoms with Crippen molar-refractivity contribution in [2.75, 3.05) is 5.32 Å². The van der Waals surface area contributed by atoms with E-state index in [2.05, 4.69) is 10.3 Å². The number of aromatic nitrogens is 1.